The number of hydrogen-bond acceptors (Lipinski definition) is 3. The molecule has 0 amide bonds. The Hall–Kier alpha value is -0.610. The fourth-order valence-corrected chi connectivity index (χ4v) is 1.39. The van der Waals surface area contributed by atoms with Crippen LogP contribution in [0.5, 0.6) is 0 Å². The summed E-state index contributed by atoms with van der Waals surface area (Å²) in [6.07, 6.45) is 3.51. The Kier molecular flexibility index (Phi) is 4.90. The predicted molar refractivity (Wildman–Crippen MR) is 51.2 cm³/mol. The Morgan fingerprint density at radius 2 is 2.43 bits per heavy atom. The van der Waals surface area contributed by atoms with Gasteiger partial charge in [0.2, 0.25) is 0 Å². The molecule has 2 unspecified atom stereocenters. The molecule has 1 rings (SSSR count). The molecule has 1 aliphatic heterocycles. The molecule has 4 nitrogen and oxygen atoms in total. The highest BCUT2D eigenvalue weighted by Gasteiger charge is 2.16. The van der Waals surface area contributed by atoms with Crippen molar-refractivity contribution in [1.82, 2.24) is 0 Å². The zero-order valence-corrected chi connectivity index (χ0v) is 8.57. The molecule has 1 aliphatic rings. The number of hydrogen-bond donors (Lipinski definition) is 1. The van der Waals surface area contributed by atoms with E-state index in [1.165, 1.54) is 6.42 Å². The Morgan fingerprint density at radius 1 is 1.64 bits per heavy atom. The van der Waals surface area contributed by atoms with E-state index in [0.29, 0.717) is 6.61 Å². The van der Waals surface area contributed by atoms with Gasteiger partial charge in [-0.25, -0.2) is 0 Å². The van der Waals surface area contributed by atoms with Gasteiger partial charge in [-0.3, -0.25) is 4.79 Å². The van der Waals surface area contributed by atoms with E-state index in [1.807, 2.05) is 0 Å². The quantitative estimate of drug-likeness (QED) is 0.730. The topological polar surface area (TPSA) is 55.8 Å². The van der Waals surface area contributed by atoms with Gasteiger partial charge in [0.15, 0.2) is 0 Å². The van der Waals surface area contributed by atoms with E-state index in [2.05, 4.69) is 0 Å². The standard InChI is InChI=1S/C10H18O4/c1-8(10(11)12)6-13-7-9-4-2-3-5-14-9/h8-9H,2-7H2,1H3,(H,11,12). The second-order valence-electron chi connectivity index (χ2n) is 3.77. The molecule has 4 heteroatoms. The summed E-state index contributed by atoms with van der Waals surface area (Å²) in [4.78, 5) is 10.5. The van der Waals surface area contributed by atoms with Crippen molar-refractivity contribution < 1.29 is 19.4 Å². The maximum absolute atomic E-state index is 10.5. The molecule has 2 atom stereocenters. The summed E-state index contributed by atoms with van der Waals surface area (Å²) < 4.78 is 10.7. The Morgan fingerprint density at radius 3 is 3.00 bits per heavy atom. The average Bonchev–Trinajstić information content (AvgIpc) is 2.19. The molecule has 82 valence electrons. The molecule has 0 aliphatic carbocycles. The van der Waals surface area contributed by atoms with E-state index in [4.69, 9.17) is 14.6 Å². The van der Waals surface area contributed by atoms with Crippen molar-refractivity contribution in [3.63, 3.8) is 0 Å². The van der Waals surface area contributed by atoms with Crippen LogP contribution in [-0.4, -0.2) is 37.0 Å². The first-order valence-corrected chi connectivity index (χ1v) is 5.12. The van der Waals surface area contributed by atoms with Crippen molar-refractivity contribution in [2.75, 3.05) is 19.8 Å². The summed E-state index contributed by atoms with van der Waals surface area (Å²) >= 11 is 0. The van der Waals surface area contributed by atoms with Crippen LogP contribution in [0.4, 0.5) is 0 Å². The summed E-state index contributed by atoms with van der Waals surface area (Å²) in [6, 6.07) is 0. The number of ether oxygens (including phenoxy) is 2. The van der Waals surface area contributed by atoms with E-state index in [9.17, 15) is 4.79 Å². The molecule has 0 aromatic carbocycles. The number of carbonyl (C=O) groups is 1. The number of carboxylic acid groups (broad SMARTS) is 1. The first-order chi connectivity index (χ1) is 6.70. The summed E-state index contributed by atoms with van der Waals surface area (Å²) in [7, 11) is 0. The normalized spacial score (nSPS) is 24.5. The SMILES string of the molecule is CC(COCC1CCCCO1)C(=O)O. The van der Waals surface area contributed by atoms with Crippen molar-refractivity contribution >= 4 is 5.97 Å². The lowest BCUT2D eigenvalue weighted by atomic mass is 10.1. The maximum Gasteiger partial charge on any atom is 0.308 e. The molecule has 1 fully saturated rings. The van der Waals surface area contributed by atoms with Crippen molar-refractivity contribution in [1.29, 1.82) is 0 Å². The van der Waals surface area contributed by atoms with Gasteiger partial charge >= 0.3 is 5.97 Å². The van der Waals surface area contributed by atoms with Crippen molar-refractivity contribution in [2.24, 2.45) is 5.92 Å². The molecule has 0 saturated carbocycles. The second-order valence-corrected chi connectivity index (χ2v) is 3.77. The first-order valence-electron chi connectivity index (χ1n) is 5.12. The van der Waals surface area contributed by atoms with Gasteiger partial charge in [-0.1, -0.05) is 0 Å². The van der Waals surface area contributed by atoms with Gasteiger partial charge < -0.3 is 14.6 Å². The molecule has 0 radical (unpaired) electrons. The van der Waals surface area contributed by atoms with Gasteiger partial charge in [0.05, 0.1) is 25.2 Å². The van der Waals surface area contributed by atoms with Gasteiger partial charge in [-0.15, -0.1) is 0 Å². The number of aliphatic carboxylic acids is 1. The third-order valence-corrected chi connectivity index (χ3v) is 2.37. The highest BCUT2D eigenvalue weighted by molar-refractivity contribution is 5.69. The minimum Gasteiger partial charge on any atom is -0.481 e. The van der Waals surface area contributed by atoms with Gasteiger partial charge in [0, 0.05) is 6.61 Å². The summed E-state index contributed by atoms with van der Waals surface area (Å²) in [5, 5.41) is 8.61. The van der Waals surface area contributed by atoms with E-state index in [-0.39, 0.29) is 12.7 Å². The van der Waals surface area contributed by atoms with Crippen LogP contribution in [-0.2, 0) is 14.3 Å². The first kappa shape index (κ1) is 11.5. The molecule has 0 aromatic heterocycles. The molecule has 14 heavy (non-hydrogen) atoms. The fourth-order valence-electron chi connectivity index (χ4n) is 1.39. The zero-order chi connectivity index (χ0) is 10.4. The predicted octanol–water partition coefficient (Wildman–Crippen LogP) is 1.29. The van der Waals surface area contributed by atoms with Crippen LogP contribution in [0.15, 0.2) is 0 Å². The van der Waals surface area contributed by atoms with Gasteiger partial charge in [-0.2, -0.15) is 0 Å². The lowest BCUT2D eigenvalue weighted by molar-refractivity contribution is -0.144. The third-order valence-electron chi connectivity index (χ3n) is 2.37. The van der Waals surface area contributed by atoms with Gasteiger partial charge in [0.1, 0.15) is 0 Å². The minimum absolute atomic E-state index is 0.171. The smallest absolute Gasteiger partial charge is 0.308 e. The van der Waals surface area contributed by atoms with Crippen LogP contribution < -0.4 is 0 Å². The summed E-state index contributed by atoms with van der Waals surface area (Å²) in [5.74, 6) is -1.24. The Bertz CT molecular complexity index is 175. The van der Waals surface area contributed by atoms with E-state index < -0.39 is 11.9 Å². The molecule has 0 bridgehead atoms. The third kappa shape index (κ3) is 4.07. The van der Waals surface area contributed by atoms with Crippen LogP contribution >= 0.6 is 0 Å². The van der Waals surface area contributed by atoms with E-state index in [0.717, 1.165) is 19.4 Å². The van der Waals surface area contributed by atoms with Crippen LogP contribution in [0.1, 0.15) is 26.2 Å². The van der Waals surface area contributed by atoms with Crippen LogP contribution in [0.3, 0.4) is 0 Å². The number of rotatable bonds is 5. The van der Waals surface area contributed by atoms with E-state index in [1.54, 1.807) is 6.92 Å². The monoisotopic (exact) mass is 202 g/mol. The summed E-state index contributed by atoms with van der Waals surface area (Å²) in [5.41, 5.74) is 0. The Labute approximate surface area is 84.2 Å². The molecular formula is C10H18O4. The average molecular weight is 202 g/mol. The maximum atomic E-state index is 10.5. The zero-order valence-electron chi connectivity index (χ0n) is 8.57. The molecule has 0 aromatic rings. The lowest BCUT2D eigenvalue weighted by Crippen LogP contribution is -2.26. The molecule has 1 N–H and O–H groups in total. The summed E-state index contributed by atoms with van der Waals surface area (Å²) in [6.45, 7) is 3.25. The fraction of sp³-hybridized carbons (Fsp3) is 0.900. The number of carboxylic acids is 1. The van der Waals surface area contributed by atoms with Gasteiger partial charge in [0.25, 0.3) is 0 Å². The molecule has 1 heterocycles. The molecule has 1 saturated heterocycles. The largest absolute Gasteiger partial charge is 0.481 e. The van der Waals surface area contributed by atoms with Crippen molar-refractivity contribution in [2.45, 2.75) is 32.3 Å². The molecule has 0 spiro atoms. The Balaban J connectivity index is 2.05. The van der Waals surface area contributed by atoms with E-state index >= 15 is 0 Å². The molecular weight excluding hydrogens is 184 g/mol. The van der Waals surface area contributed by atoms with Gasteiger partial charge in [-0.05, 0) is 26.2 Å². The highest BCUT2D eigenvalue weighted by atomic mass is 16.5. The van der Waals surface area contributed by atoms with Crippen LogP contribution in [0.2, 0.25) is 0 Å². The van der Waals surface area contributed by atoms with Crippen LogP contribution in [0.25, 0.3) is 0 Å². The second kappa shape index (κ2) is 5.98. The minimum atomic E-state index is -0.811. The lowest BCUT2D eigenvalue weighted by Gasteiger charge is -2.22. The van der Waals surface area contributed by atoms with Crippen molar-refractivity contribution in [3.05, 3.63) is 0 Å². The van der Waals surface area contributed by atoms with Crippen LogP contribution in [0, 0.1) is 5.92 Å². The highest BCUT2D eigenvalue weighted by Crippen LogP contribution is 2.13. The van der Waals surface area contributed by atoms with Crippen molar-refractivity contribution in [3.8, 4) is 0 Å².